The zero-order valence-corrected chi connectivity index (χ0v) is 9.89. The van der Waals surface area contributed by atoms with Gasteiger partial charge in [-0.1, -0.05) is 6.42 Å². The number of carbonyl (C=O) groups excluding carboxylic acids is 1. The number of nitriles is 1. The highest BCUT2D eigenvalue weighted by Crippen LogP contribution is 1.99. The summed E-state index contributed by atoms with van der Waals surface area (Å²) in [5.74, 6) is -0.218. The van der Waals surface area contributed by atoms with Crippen molar-refractivity contribution < 1.29 is 14.7 Å². The second kappa shape index (κ2) is 10.3. The van der Waals surface area contributed by atoms with Crippen LogP contribution in [0.2, 0.25) is 0 Å². The van der Waals surface area contributed by atoms with E-state index in [1.807, 2.05) is 6.07 Å². The molecule has 6 heteroatoms. The fourth-order valence-corrected chi connectivity index (χ4v) is 1.53. The Balaban J connectivity index is 3.22. The quantitative estimate of drug-likeness (QED) is 0.591. The van der Waals surface area contributed by atoms with E-state index in [-0.39, 0.29) is 12.3 Å². The van der Waals surface area contributed by atoms with Gasteiger partial charge >= 0.3 is 5.97 Å². The van der Waals surface area contributed by atoms with Crippen LogP contribution in [0.4, 0.5) is 0 Å². The molecule has 1 amide bonds. The molecule has 0 atom stereocenters. The molecule has 0 aliphatic carbocycles. The topological polar surface area (TPSA) is 90.2 Å². The number of carboxylic acids is 1. The molecule has 0 aliphatic heterocycles. The highest BCUT2D eigenvalue weighted by molar-refractivity contribution is 8.00. The molecule has 0 fully saturated rings. The molecule has 0 aromatic carbocycles. The van der Waals surface area contributed by atoms with Crippen LogP contribution < -0.4 is 5.32 Å². The van der Waals surface area contributed by atoms with Gasteiger partial charge in [0.15, 0.2) is 0 Å². The average Bonchev–Trinajstić information content (AvgIpc) is 2.23. The number of aliphatic carboxylic acids is 1. The van der Waals surface area contributed by atoms with Crippen molar-refractivity contribution in [2.45, 2.75) is 25.7 Å². The molecule has 5 nitrogen and oxygen atoms in total. The van der Waals surface area contributed by atoms with Crippen molar-refractivity contribution in [1.29, 1.82) is 5.26 Å². The molecule has 0 aliphatic rings. The van der Waals surface area contributed by atoms with Gasteiger partial charge in [-0.3, -0.25) is 9.59 Å². The lowest BCUT2D eigenvalue weighted by Crippen LogP contribution is -2.26. The third-order valence-electron chi connectivity index (χ3n) is 1.79. The molecule has 0 bridgehead atoms. The molecule has 0 radical (unpaired) electrons. The molecule has 0 aromatic heterocycles. The van der Waals surface area contributed by atoms with Gasteiger partial charge in [-0.05, 0) is 12.8 Å². The molecule has 0 saturated carbocycles. The number of nitrogens with zero attached hydrogens (tertiary/aromatic N) is 1. The number of nitrogens with one attached hydrogen (secondary N) is 1. The molecule has 2 N–H and O–H groups in total. The molecule has 90 valence electrons. The molecular weight excluding hydrogens is 228 g/mol. The number of hydrogen-bond donors (Lipinski definition) is 2. The zero-order chi connectivity index (χ0) is 12.2. The summed E-state index contributed by atoms with van der Waals surface area (Å²) >= 11 is 1.28. The molecule has 0 unspecified atom stereocenters. The summed E-state index contributed by atoms with van der Waals surface area (Å²) in [6.07, 6.45) is 2.43. The standard InChI is InChI=1S/C10H16N2O3S/c11-5-7-16-8-9(13)12-6-3-1-2-4-10(14)15/h1-4,6-8H2,(H,12,13)(H,14,15). The Morgan fingerprint density at radius 2 is 2.06 bits per heavy atom. The fourth-order valence-electron chi connectivity index (χ4n) is 1.05. The fraction of sp³-hybridized carbons (Fsp3) is 0.700. The second-order valence-corrected chi connectivity index (χ2v) is 4.19. The molecule has 16 heavy (non-hydrogen) atoms. The Morgan fingerprint density at radius 1 is 1.31 bits per heavy atom. The maximum atomic E-state index is 11.1. The maximum Gasteiger partial charge on any atom is 0.303 e. The Kier molecular flexibility index (Phi) is 9.52. The smallest absolute Gasteiger partial charge is 0.303 e. The highest BCUT2D eigenvalue weighted by atomic mass is 32.2. The van der Waals surface area contributed by atoms with Crippen LogP contribution in [0.1, 0.15) is 25.7 Å². The van der Waals surface area contributed by atoms with Crippen LogP contribution in [-0.2, 0) is 9.59 Å². The number of rotatable bonds is 9. The highest BCUT2D eigenvalue weighted by Gasteiger charge is 2.00. The monoisotopic (exact) mass is 244 g/mol. The van der Waals surface area contributed by atoms with E-state index in [2.05, 4.69) is 5.32 Å². The van der Waals surface area contributed by atoms with E-state index in [1.165, 1.54) is 11.8 Å². The minimum Gasteiger partial charge on any atom is -0.481 e. The first-order valence-electron chi connectivity index (χ1n) is 5.10. The lowest BCUT2D eigenvalue weighted by Gasteiger charge is -2.03. The number of thioether (sulfide) groups is 1. The number of amides is 1. The van der Waals surface area contributed by atoms with Gasteiger partial charge in [-0.25, -0.2) is 0 Å². The van der Waals surface area contributed by atoms with Gasteiger partial charge in [0.25, 0.3) is 0 Å². The van der Waals surface area contributed by atoms with Crippen molar-refractivity contribution >= 4 is 23.6 Å². The van der Waals surface area contributed by atoms with Crippen molar-refractivity contribution in [3.8, 4) is 6.07 Å². The SMILES string of the molecule is N#CCSCC(=O)NCCCCCC(=O)O. The van der Waals surface area contributed by atoms with E-state index in [1.54, 1.807) is 0 Å². The molecule has 0 saturated heterocycles. The van der Waals surface area contributed by atoms with E-state index in [9.17, 15) is 9.59 Å². The zero-order valence-electron chi connectivity index (χ0n) is 9.07. The maximum absolute atomic E-state index is 11.1. The van der Waals surface area contributed by atoms with Crippen molar-refractivity contribution in [2.75, 3.05) is 18.1 Å². The van der Waals surface area contributed by atoms with Crippen LogP contribution in [0.15, 0.2) is 0 Å². The van der Waals surface area contributed by atoms with E-state index in [0.29, 0.717) is 24.5 Å². The molecule has 0 aromatic rings. The first kappa shape index (κ1) is 14.8. The Morgan fingerprint density at radius 3 is 2.69 bits per heavy atom. The number of carboxylic acid groups (broad SMARTS) is 1. The van der Waals surface area contributed by atoms with Crippen molar-refractivity contribution in [3.63, 3.8) is 0 Å². The van der Waals surface area contributed by atoms with Crippen LogP contribution in [0.3, 0.4) is 0 Å². The normalized spacial score (nSPS) is 9.44. The van der Waals surface area contributed by atoms with Gasteiger partial charge in [0.2, 0.25) is 5.91 Å². The summed E-state index contributed by atoms with van der Waals surface area (Å²) in [4.78, 5) is 21.3. The number of unbranched alkanes of at least 4 members (excludes halogenated alkanes) is 2. The molecule has 0 rings (SSSR count). The Hall–Kier alpha value is -1.22. The van der Waals surface area contributed by atoms with Crippen LogP contribution >= 0.6 is 11.8 Å². The Bertz CT molecular complexity index is 263. The van der Waals surface area contributed by atoms with Crippen LogP contribution in [0.25, 0.3) is 0 Å². The minimum absolute atomic E-state index is 0.0708. The van der Waals surface area contributed by atoms with Crippen LogP contribution in [0, 0.1) is 11.3 Å². The van der Waals surface area contributed by atoms with Gasteiger partial charge in [0.1, 0.15) is 0 Å². The van der Waals surface area contributed by atoms with Gasteiger partial charge in [0.05, 0.1) is 17.6 Å². The third kappa shape index (κ3) is 10.9. The number of carbonyl (C=O) groups is 2. The minimum atomic E-state index is -0.781. The van der Waals surface area contributed by atoms with Crippen LogP contribution in [-0.4, -0.2) is 35.0 Å². The number of hydrogen-bond acceptors (Lipinski definition) is 4. The predicted molar refractivity (Wildman–Crippen MR) is 62.1 cm³/mol. The van der Waals surface area contributed by atoms with E-state index in [4.69, 9.17) is 10.4 Å². The van der Waals surface area contributed by atoms with Gasteiger partial charge < -0.3 is 10.4 Å². The first-order chi connectivity index (χ1) is 7.66. The lowest BCUT2D eigenvalue weighted by molar-refractivity contribution is -0.137. The van der Waals surface area contributed by atoms with Crippen molar-refractivity contribution in [1.82, 2.24) is 5.32 Å². The molecular formula is C10H16N2O3S. The van der Waals surface area contributed by atoms with E-state index < -0.39 is 5.97 Å². The Labute approximate surface area is 99.2 Å². The first-order valence-corrected chi connectivity index (χ1v) is 6.25. The van der Waals surface area contributed by atoms with E-state index >= 15 is 0 Å². The van der Waals surface area contributed by atoms with Gasteiger partial charge in [-0.2, -0.15) is 5.26 Å². The summed E-state index contributed by atoms with van der Waals surface area (Å²) < 4.78 is 0. The third-order valence-corrected chi connectivity index (χ3v) is 2.59. The molecule has 0 spiro atoms. The van der Waals surface area contributed by atoms with Crippen molar-refractivity contribution in [2.24, 2.45) is 0 Å². The summed E-state index contributed by atoms with van der Waals surface area (Å²) in [7, 11) is 0. The van der Waals surface area contributed by atoms with Crippen LogP contribution in [0.5, 0.6) is 0 Å². The molecule has 0 heterocycles. The second-order valence-electron chi connectivity index (χ2n) is 3.21. The average molecular weight is 244 g/mol. The van der Waals surface area contributed by atoms with Gasteiger partial charge in [-0.15, -0.1) is 11.8 Å². The largest absolute Gasteiger partial charge is 0.481 e. The summed E-state index contributed by atoms with van der Waals surface area (Å²) in [6, 6.07) is 1.95. The predicted octanol–water partition coefficient (Wildman–Crippen LogP) is 1.00. The lowest BCUT2D eigenvalue weighted by atomic mass is 10.2. The summed E-state index contributed by atoms with van der Waals surface area (Å²) in [6.45, 7) is 0.575. The van der Waals surface area contributed by atoms with E-state index in [0.717, 1.165) is 12.8 Å². The summed E-state index contributed by atoms with van der Waals surface area (Å²) in [5, 5.41) is 19.3. The van der Waals surface area contributed by atoms with Crippen molar-refractivity contribution in [3.05, 3.63) is 0 Å². The van der Waals surface area contributed by atoms with Gasteiger partial charge in [0, 0.05) is 13.0 Å². The summed E-state index contributed by atoms with van der Waals surface area (Å²) in [5.41, 5.74) is 0.